The molecule has 0 aliphatic heterocycles. The van der Waals surface area contributed by atoms with Gasteiger partial charge in [-0.05, 0) is 44.2 Å². The number of ether oxygens (including phenoxy) is 1. The van der Waals surface area contributed by atoms with Crippen LogP contribution in [0.2, 0.25) is 0 Å². The van der Waals surface area contributed by atoms with E-state index in [1.165, 1.54) is 16.5 Å². The van der Waals surface area contributed by atoms with E-state index in [-0.39, 0.29) is 0 Å². The van der Waals surface area contributed by atoms with Gasteiger partial charge in [0, 0.05) is 24.2 Å². The van der Waals surface area contributed by atoms with Crippen LogP contribution in [0.5, 0.6) is 5.75 Å². The lowest BCUT2D eigenvalue weighted by Crippen LogP contribution is -2.11. The first kappa shape index (κ1) is 14.4. The molecule has 3 heteroatoms. The van der Waals surface area contributed by atoms with E-state index in [9.17, 15) is 0 Å². The number of rotatable bonds is 4. The minimum atomic E-state index is 0.685. The van der Waals surface area contributed by atoms with Crippen molar-refractivity contribution >= 4 is 22.3 Å². The van der Waals surface area contributed by atoms with Crippen LogP contribution in [0, 0.1) is 13.8 Å². The number of aromatic nitrogens is 1. The highest BCUT2D eigenvalue weighted by atomic mass is 16.5. The van der Waals surface area contributed by atoms with Crippen molar-refractivity contribution < 1.29 is 9.72 Å². The minimum absolute atomic E-state index is 0.685. The summed E-state index contributed by atoms with van der Waals surface area (Å²) < 4.78 is 5.48. The summed E-state index contributed by atoms with van der Waals surface area (Å²) >= 11 is 0. The van der Waals surface area contributed by atoms with Crippen LogP contribution in [-0.2, 0) is 0 Å². The lowest BCUT2D eigenvalue weighted by atomic mass is 10.1. The van der Waals surface area contributed by atoms with Crippen LogP contribution in [0.15, 0.2) is 48.5 Å². The molecular weight excluding hydrogens is 272 g/mol. The largest absolute Gasteiger partial charge is 0.494 e. The van der Waals surface area contributed by atoms with E-state index in [0.29, 0.717) is 6.61 Å². The first-order valence-corrected chi connectivity index (χ1v) is 7.59. The monoisotopic (exact) mass is 293 g/mol. The van der Waals surface area contributed by atoms with Gasteiger partial charge in [-0.2, -0.15) is 0 Å². The molecule has 2 aromatic carbocycles. The molecule has 0 radical (unpaired) electrons. The van der Waals surface area contributed by atoms with E-state index in [0.717, 1.165) is 22.8 Å². The van der Waals surface area contributed by atoms with Crippen LogP contribution in [-0.4, -0.2) is 6.61 Å². The Labute approximate surface area is 131 Å². The number of fused-ring (bicyclic) bond motifs is 1. The summed E-state index contributed by atoms with van der Waals surface area (Å²) in [7, 11) is 0. The molecule has 0 bridgehead atoms. The minimum Gasteiger partial charge on any atom is -0.494 e. The highest BCUT2D eigenvalue weighted by Gasteiger charge is 2.11. The maximum atomic E-state index is 5.48. The molecule has 0 unspecified atom stereocenters. The highest BCUT2D eigenvalue weighted by Crippen LogP contribution is 2.27. The number of aromatic amines is 1. The van der Waals surface area contributed by atoms with Gasteiger partial charge in [-0.3, -0.25) is 0 Å². The molecule has 3 rings (SSSR count). The first-order valence-electron chi connectivity index (χ1n) is 7.59. The van der Waals surface area contributed by atoms with Gasteiger partial charge in [-0.25, -0.2) is 4.98 Å². The Bertz CT molecular complexity index is 794. The van der Waals surface area contributed by atoms with Gasteiger partial charge < -0.3 is 10.1 Å². The van der Waals surface area contributed by atoms with E-state index in [2.05, 4.69) is 48.4 Å². The summed E-state index contributed by atoms with van der Waals surface area (Å²) in [6, 6.07) is 16.5. The molecule has 0 saturated heterocycles. The molecule has 112 valence electrons. The Hall–Kier alpha value is -2.55. The second kappa shape index (κ2) is 6.06. The Morgan fingerprint density at radius 2 is 1.82 bits per heavy atom. The van der Waals surface area contributed by atoms with Gasteiger partial charge in [-0.1, -0.05) is 12.1 Å². The van der Waals surface area contributed by atoms with Gasteiger partial charge in [0.2, 0.25) is 5.52 Å². The van der Waals surface area contributed by atoms with Crippen LogP contribution < -0.4 is 15.0 Å². The average molecular weight is 293 g/mol. The molecule has 3 aromatic rings. The predicted octanol–water partition coefficient (Wildman–Crippen LogP) is 4.41. The zero-order valence-electron chi connectivity index (χ0n) is 13.2. The van der Waals surface area contributed by atoms with Gasteiger partial charge in [0.05, 0.1) is 17.7 Å². The summed E-state index contributed by atoms with van der Waals surface area (Å²) in [5, 5.41) is 4.70. The third-order valence-electron chi connectivity index (χ3n) is 3.69. The SMILES string of the molecule is CCOc1ccc(Nc2cc(C)[nH+]c3c(C)cccc23)cc1. The maximum Gasteiger partial charge on any atom is 0.216 e. The third-order valence-corrected chi connectivity index (χ3v) is 3.69. The van der Waals surface area contributed by atoms with Gasteiger partial charge in [0.15, 0.2) is 5.69 Å². The molecule has 0 aliphatic rings. The van der Waals surface area contributed by atoms with Crippen LogP contribution in [0.25, 0.3) is 10.9 Å². The van der Waals surface area contributed by atoms with Crippen LogP contribution in [0.1, 0.15) is 18.2 Å². The highest BCUT2D eigenvalue weighted by molar-refractivity contribution is 5.92. The van der Waals surface area contributed by atoms with Crippen molar-refractivity contribution in [3.05, 3.63) is 59.8 Å². The summed E-state index contributed by atoms with van der Waals surface area (Å²) in [6.45, 7) is 6.88. The number of pyridine rings is 1. The molecule has 2 N–H and O–H groups in total. The molecule has 0 saturated carbocycles. The Kier molecular flexibility index (Phi) is 3.96. The second-order valence-electron chi connectivity index (χ2n) is 5.45. The van der Waals surface area contributed by atoms with E-state index in [4.69, 9.17) is 4.74 Å². The normalized spacial score (nSPS) is 10.7. The number of hydrogen-bond acceptors (Lipinski definition) is 2. The molecule has 0 amide bonds. The number of hydrogen-bond donors (Lipinski definition) is 1. The van der Waals surface area contributed by atoms with Crippen LogP contribution in [0.3, 0.4) is 0 Å². The molecule has 3 nitrogen and oxygen atoms in total. The number of anilines is 2. The Morgan fingerprint density at radius 3 is 2.55 bits per heavy atom. The van der Waals surface area contributed by atoms with Crippen molar-refractivity contribution in [1.82, 2.24) is 0 Å². The first-order chi connectivity index (χ1) is 10.7. The maximum absolute atomic E-state index is 5.48. The quantitative estimate of drug-likeness (QED) is 0.773. The number of H-pyrrole nitrogens is 1. The van der Waals surface area contributed by atoms with Crippen molar-refractivity contribution in [2.45, 2.75) is 20.8 Å². The third kappa shape index (κ3) is 2.89. The smallest absolute Gasteiger partial charge is 0.216 e. The number of benzene rings is 2. The summed E-state index contributed by atoms with van der Waals surface area (Å²) in [5.41, 5.74) is 5.72. The number of para-hydroxylation sites is 1. The Morgan fingerprint density at radius 1 is 1.05 bits per heavy atom. The Balaban J connectivity index is 1.98. The lowest BCUT2D eigenvalue weighted by molar-refractivity contribution is -0.354. The number of nitrogens with one attached hydrogen (secondary N) is 2. The van der Waals surface area contributed by atoms with Crippen LogP contribution >= 0.6 is 0 Å². The lowest BCUT2D eigenvalue weighted by Gasteiger charge is -2.10. The van der Waals surface area contributed by atoms with E-state index in [1.54, 1.807) is 0 Å². The standard InChI is InChI=1S/C19H20N2O/c1-4-22-16-10-8-15(9-11-16)21-18-12-14(3)20-19-13(2)6-5-7-17(18)19/h5-12H,4H2,1-3H3,(H,20,21)/p+1. The van der Waals surface area contributed by atoms with Gasteiger partial charge in [-0.15, -0.1) is 0 Å². The molecular formula is C19H21N2O+. The van der Waals surface area contributed by atoms with Crippen molar-refractivity contribution in [1.29, 1.82) is 0 Å². The zero-order valence-corrected chi connectivity index (χ0v) is 13.2. The molecule has 0 atom stereocenters. The van der Waals surface area contributed by atoms with E-state index in [1.807, 2.05) is 31.2 Å². The van der Waals surface area contributed by atoms with E-state index < -0.39 is 0 Å². The van der Waals surface area contributed by atoms with Crippen molar-refractivity contribution in [2.24, 2.45) is 0 Å². The van der Waals surface area contributed by atoms with E-state index >= 15 is 0 Å². The molecule has 0 fully saturated rings. The topological polar surface area (TPSA) is 35.4 Å². The molecule has 22 heavy (non-hydrogen) atoms. The fourth-order valence-corrected chi connectivity index (χ4v) is 2.65. The summed E-state index contributed by atoms with van der Waals surface area (Å²) in [5.74, 6) is 0.895. The summed E-state index contributed by atoms with van der Waals surface area (Å²) in [6.07, 6.45) is 0. The van der Waals surface area contributed by atoms with Crippen molar-refractivity contribution in [2.75, 3.05) is 11.9 Å². The van der Waals surface area contributed by atoms with Crippen molar-refractivity contribution in [3.63, 3.8) is 0 Å². The van der Waals surface area contributed by atoms with Crippen LogP contribution in [0.4, 0.5) is 11.4 Å². The molecule has 1 aromatic heterocycles. The second-order valence-corrected chi connectivity index (χ2v) is 5.45. The average Bonchev–Trinajstić information content (AvgIpc) is 2.51. The fourth-order valence-electron chi connectivity index (χ4n) is 2.65. The molecule has 0 spiro atoms. The number of aryl methyl sites for hydroxylation is 2. The predicted molar refractivity (Wildman–Crippen MR) is 90.9 cm³/mol. The van der Waals surface area contributed by atoms with Gasteiger partial charge in [0.25, 0.3) is 0 Å². The molecule has 0 aliphatic carbocycles. The van der Waals surface area contributed by atoms with Gasteiger partial charge in [0.1, 0.15) is 5.75 Å². The zero-order chi connectivity index (χ0) is 15.5. The summed E-state index contributed by atoms with van der Waals surface area (Å²) in [4.78, 5) is 3.45. The fraction of sp³-hybridized carbons (Fsp3) is 0.211. The van der Waals surface area contributed by atoms with Crippen molar-refractivity contribution in [3.8, 4) is 5.75 Å². The molecule has 1 heterocycles. The van der Waals surface area contributed by atoms with Gasteiger partial charge >= 0.3 is 0 Å².